The summed E-state index contributed by atoms with van der Waals surface area (Å²) in [4.78, 5) is 25.0. The Morgan fingerprint density at radius 2 is 1.80 bits per heavy atom. The number of ether oxygens (including phenoxy) is 1. The van der Waals surface area contributed by atoms with E-state index in [-0.39, 0.29) is 11.6 Å². The van der Waals surface area contributed by atoms with Gasteiger partial charge < -0.3 is 14.5 Å². The van der Waals surface area contributed by atoms with Gasteiger partial charge in [0.15, 0.2) is 0 Å². The van der Waals surface area contributed by atoms with Crippen molar-refractivity contribution in [3.63, 3.8) is 0 Å². The van der Waals surface area contributed by atoms with Crippen molar-refractivity contribution in [1.82, 2.24) is 15.8 Å². The highest BCUT2D eigenvalue weighted by Gasteiger charge is 2.19. The van der Waals surface area contributed by atoms with E-state index < -0.39 is 5.91 Å². The van der Waals surface area contributed by atoms with Gasteiger partial charge in [-0.3, -0.25) is 15.0 Å². The van der Waals surface area contributed by atoms with Gasteiger partial charge in [0.2, 0.25) is 0 Å². The summed E-state index contributed by atoms with van der Waals surface area (Å²) in [6, 6.07) is 12.1. The summed E-state index contributed by atoms with van der Waals surface area (Å²) in [7, 11) is 0. The molecule has 2 heterocycles. The van der Waals surface area contributed by atoms with Crippen molar-refractivity contribution >= 4 is 17.9 Å². The Hall–Kier alpha value is -2.90. The van der Waals surface area contributed by atoms with Crippen molar-refractivity contribution in [2.45, 2.75) is 0 Å². The number of hydrazine groups is 1. The lowest BCUT2D eigenvalue weighted by Crippen LogP contribution is -2.50. The van der Waals surface area contributed by atoms with Crippen LogP contribution in [-0.4, -0.2) is 43.1 Å². The fourth-order valence-electron chi connectivity index (χ4n) is 2.34. The Morgan fingerprint density at radius 1 is 1.04 bits per heavy atom. The van der Waals surface area contributed by atoms with Crippen LogP contribution >= 0.6 is 0 Å². The molecule has 1 saturated heterocycles. The van der Waals surface area contributed by atoms with Gasteiger partial charge in [-0.15, -0.1) is 0 Å². The molecule has 2 amide bonds. The number of hydrogen-bond acceptors (Lipinski definition) is 5. The molecule has 7 heteroatoms. The fourth-order valence-corrected chi connectivity index (χ4v) is 2.34. The SMILES string of the molecule is O=C(NN1CCOCC1)/C(=C/c1ccco1)NC(=O)c1ccccc1. The quantitative estimate of drug-likeness (QED) is 0.804. The van der Waals surface area contributed by atoms with Crippen LogP contribution in [0.4, 0.5) is 0 Å². The minimum Gasteiger partial charge on any atom is -0.465 e. The van der Waals surface area contributed by atoms with Crippen molar-refractivity contribution in [3.8, 4) is 0 Å². The number of furan rings is 1. The normalized spacial score (nSPS) is 15.6. The maximum absolute atomic E-state index is 12.6. The third-order valence-corrected chi connectivity index (χ3v) is 3.63. The number of benzene rings is 1. The second-order valence-corrected chi connectivity index (χ2v) is 5.43. The summed E-state index contributed by atoms with van der Waals surface area (Å²) in [5.41, 5.74) is 3.35. The van der Waals surface area contributed by atoms with E-state index in [9.17, 15) is 9.59 Å². The Labute approximate surface area is 145 Å². The van der Waals surface area contributed by atoms with Crippen molar-refractivity contribution in [2.24, 2.45) is 0 Å². The highest BCUT2D eigenvalue weighted by atomic mass is 16.5. The largest absolute Gasteiger partial charge is 0.465 e. The molecule has 1 aromatic heterocycles. The predicted octanol–water partition coefficient (Wildman–Crippen LogP) is 1.41. The third-order valence-electron chi connectivity index (χ3n) is 3.63. The summed E-state index contributed by atoms with van der Waals surface area (Å²) in [6.45, 7) is 2.28. The van der Waals surface area contributed by atoms with Gasteiger partial charge in [0.1, 0.15) is 11.5 Å². The van der Waals surface area contributed by atoms with Crippen LogP contribution in [0.3, 0.4) is 0 Å². The molecule has 0 aliphatic carbocycles. The van der Waals surface area contributed by atoms with E-state index in [0.29, 0.717) is 37.6 Å². The summed E-state index contributed by atoms with van der Waals surface area (Å²) < 4.78 is 10.5. The molecule has 0 bridgehead atoms. The average Bonchev–Trinajstić information content (AvgIpc) is 3.16. The van der Waals surface area contributed by atoms with Crippen LogP contribution in [-0.2, 0) is 9.53 Å². The number of rotatable bonds is 5. The van der Waals surface area contributed by atoms with Crippen LogP contribution < -0.4 is 10.7 Å². The maximum atomic E-state index is 12.6. The summed E-state index contributed by atoms with van der Waals surface area (Å²) in [5, 5.41) is 4.41. The number of nitrogens with one attached hydrogen (secondary N) is 2. The number of carbonyl (C=O) groups is 2. The number of amides is 2. The van der Waals surface area contributed by atoms with Gasteiger partial charge in [-0.25, -0.2) is 5.01 Å². The fraction of sp³-hybridized carbons (Fsp3) is 0.222. The first kappa shape index (κ1) is 16.9. The third kappa shape index (κ3) is 4.79. The molecule has 1 aliphatic heterocycles. The zero-order chi connectivity index (χ0) is 17.5. The summed E-state index contributed by atoms with van der Waals surface area (Å²) in [5.74, 6) is -0.307. The van der Waals surface area contributed by atoms with Crippen molar-refractivity contribution < 1.29 is 18.7 Å². The van der Waals surface area contributed by atoms with E-state index in [1.165, 1.54) is 12.3 Å². The van der Waals surface area contributed by atoms with Crippen molar-refractivity contribution in [1.29, 1.82) is 0 Å². The van der Waals surface area contributed by atoms with Gasteiger partial charge in [-0.05, 0) is 24.3 Å². The van der Waals surface area contributed by atoms with E-state index in [1.54, 1.807) is 41.4 Å². The van der Waals surface area contributed by atoms with E-state index in [4.69, 9.17) is 9.15 Å². The minimum atomic E-state index is -0.414. The molecule has 0 saturated carbocycles. The lowest BCUT2D eigenvalue weighted by molar-refractivity contribution is -0.124. The summed E-state index contributed by atoms with van der Waals surface area (Å²) in [6.07, 6.45) is 3.00. The van der Waals surface area contributed by atoms with E-state index in [0.717, 1.165) is 0 Å². The Kier molecular flexibility index (Phi) is 5.61. The molecular weight excluding hydrogens is 322 g/mol. The number of hydrogen-bond donors (Lipinski definition) is 2. The van der Waals surface area contributed by atoms with E-state index in [1.807, 2.05) is 6.07 Å². The molecule has 0 radical (unpaired) electrons. The Bertz CT molecular complexity index is 735. The first-order valence-corrected chi connectivity index (χ1v) is 7.97. The molecule has 2 N–H and O–H groups in total. The Balaban J connectivity index is 1.75. The molecule has 3 rings (SSSR count). The van der Waals surface area contributed by atoms with Crippen LogP contribution in [0.2, 0.25) is 0 Å². The molecule has 0 spiro atoms. The molecule has 2 aromatic rings. The second-order valence-electron chi connectivity index (χ2n) is 5.43. The van der Waals surface area contributed by atoms with Gasteiger partial charge >= 0.3 is 0 Å². The number of nitrogens with zero attached hydrogens (tertiary/aromatic N) is 1. The van der Waals surface area contributed by atoms with Crippen LogP contribution in [0.15, 0.2) is 58.8 Å². The highest BCUT2D eigenvalue weighted by molar-refractivity contribution is 6.04. The average molecular weight is 341 g/mol. The number of morpholine rings is 1. The topological polar surface area (TPSA) is 83.8 Å². The monoisotopic (exact) mass is 341 g/mol. The molecular formula is C18H19N3O4. The molecule has 130 valence electrons. The van der Waals surface area contributed by atoms with Gasteiger partial charge in [0.05, 0.1) is 19.5 Å². The molecule has 0 unspecified atom stereocenters. The minimum absolute atomic E-state index is 0.107. The van der Waals surface area contributed by atoms with Gasteiger partial charge in [-0.2, -0.15) is 0 Å². The molecule has 0 atom stereocenters. The van der Waals surface area contributed by atoms with Gasteiger partial charge in [-0.1, -0.05) is 18.2 Å². The summed E-state index contributed by atoms with van der Waals surface area (Å²) >= 11 is 0. The van der Waals surface area contributed by atoms with Gasteiger partial charge in [0, 0.05) is 24.7 Å². The van der Waals surface area contributed by atoms with Crippen LogP contribution in [0.25, 0.3) is 6.08 Å². The first-order valence-electron chi connectivity index (χ1n) is 7.97. The zero-order valence-corrected chi connectivity index (χ0v) is 13.6. The number of carbonyl (C=O) groups excluding carboxylic acids is 2. The van der Waals surface area contributed by atoms with Gasteiger partial charge in [0.25, 0.3) is 11.8 Å². The zero-order valence-electron chi connectivity index (χ0n) is 13.6. The molecule has 1 fully saturated rings. The molecule has 25 heavy (non-hydrogen) atoms. The Morgan fingerprint density at radius 3 is 2.48 bits per heavy atom. The lowest BCUT2D eigenvalue weighted by Gasteiger charge is -2.27. The van der Waals surface area contributed by atoms with Crippen molar-refractivity contribution in [2.75, 3.05) is 26.3 Å². The molecule has 1 aromatic carbocycles. The first-order chi connectivity index (χ1) is 12.2. The molecule has 1 aliphatic rings. The second kappa shape index (κ2) is 8.27. The van der Waals surface area contributed by atoms with E-state index in [2.05, 4.69) is 10.7 Å². The molecule has 7 nitrogen and oxygen atoms in total. The van der Waals surface area contributed by atoms with Crippen LogP contribution in [0.5, 0.6) is 0 Å². The highest BCUT2D eigenvalue weighted by Crippen LogP contribution is 2.08. The van der Waals surface area contributed by atoms with E-state index >= 15 is 0 Å². The maximum Gasteiger partial charge on any atom is 0.282 e. The standard InChI is InChI=1S/C18H19N3O4/c22-17(14-5-2-1-3-6-14)19-16(13-15-7-4-10-25-15)18(23)20-21-8-11-24-12-9-21/h1-7,10,13H,8-9,11-12H2,(H,19,22)(H,20,23)/b16-13-. The lowest BCUT2D eigenvalue weighted by atomic mass is 10.2. The van der Waals surface area contributed by atoms with Crippen LogP contribution in [0, 0.1) is 0 Å². The van der Waals surface area contributed by atoms with Crippen LogP contribution in [0.1, 0.15) is 16.1 Å². The predicted molar refractivity (Wildman–Crippen MR) is 91.1 cm³/mol. The van der Waals surface area contributed by atoms with Crippen molar-refractivity contribution in [3.05, 3.63) is 65.7 Å². The smallest absolute Gasteiger partial charge is 0.282 e.